The highest BCUT2D eigenvalue weighted by Crippen LogP contribution is 2.31. The van der Waals surface area contributed by atoms with E-state index in [-0.39, 0.29) is 24.7 Å². The Bertz CT molecular complexity index is 1120. The maximum Gasteiger partial charge on any atom is 0.344 e. The number of carbonyl (C=O) groups excluding carboxylic acids is 2. The van der Waals surface area contributed by atoms with Crippen LogP contribution < -0.4 is 14.5 Å². The van der Waals surface area contributed by atoms with Crippen molar-refractivity contribution < 1.29 is 33.7 Å². The Labute approximate surface area is 190 Å². The molecular weight excluding hydrogens is 428 g/mol. The van der Waals surface area contributed by atoms with Gasteiger partial charge < -0.3 is 19.3 Å². The molecular formula is C24H24N2O7. The van der Waals surface area contributed by atoms with Crippen molar-refractivity contribution in [3.05, 3.63) is 59.2 Å². The van der Waals surface area contributed by atoms with E-state index in [0.717, 1.165) is 0 Å². The molecule has 1 N–H and O–H groups in total. The van der Waals surface area contributed by atoms with Crippen molar-refractivity contribution in [2.45, 2.75) is 20.8 Å². The third kappa shape index (κ3) is 5.57. The van der Waals surface area contributed by atoms with Crippen molar-refractivity contribution in [2.75, 3.05) is 24.8 Å². The summed E-state index contributed by atoms with van der Waals surface area (Å²) in [6.45, 7) is 5.65. The first-order valence-corrected chi connectivity index (χ1v) is 10.3. The molecule has 0 aromatic heterocycles. The summed E-state index contributed by atoms with van der Waals surface area (Å²) in [7, 11) is 0. The molecule has 33 heavy (non-hydrogen) atoms. The molecule has 172 valence electrons. The lowest BCUT2D eigenvalue weighted by molar-refractivity contribution is -0.145. The number of nitrogens with zero attached hydrogens (tertiary/aromatic N) is 2. The van der Waals surface area contributed by atoms with E-state index in [2.05, 4.69) is 5.10 Å². The van der Waals surface area contributed by atoms with Gasteiger partial charge in [-0.25, -0.2) is 9.59 Å². The Morgan fingerprint density at radius 2 is 1.76 bits per heavy atom. The van der Waals surface area contributed by atoms with Gasteiger partial charge in [-0.2, -0.15) is 10.1 Å². The van der Waals surface area contributed by atoms with Gasteiger partial charge in [-0.05, 0) is 68.8 Å². The molecule has 0 unspecified atom stereocenters. The van der Waals surface area contributed by atoms with Crippen LogP contribution in [0.1, 0.15) is 36.7 Å². The highest BCUT2D eigenvalue weighted by atomic mass is 16.6. The lowest BCUT2D eigenvalue weighted by Crippen LogP contribution is -2.21. The summed E-state index contributed by atoms with van der Waals surface area (Å²) in [6.07, 6.45) is 1.67. The molecule has 0 atom stereocenters. The first kappa shape index (κ1) is 23.5. The first-order chi connectivity index (χ1) is 15.8. The van der Waals surface area contributed by atoms with E-state index in [1.807, 2.05) is 6.92 Å². The predicted octanol–water partition coefficient (Wildman–Crippen LogP) is 3.53. The number of carboxylic acid groups (broad SMARTS) is 1. The number of benzene rings is 2. The molecule has 1 aliphatic heterocycles. The van der Waals surface area contributed by atoms with Crippen molar-refractivity contribution in [2.24, 2.45) is 5.10 Å². The van der Waals surface area contributed by atoms with Gasteiger partial charge in [0.2, 0.25) is 0 Å². The lowest BCUT2D eigenvalue weighted by Gasteiger charge is -2.13. The van der Waals surface area contributed by atoms with Crippen molar-refractivity contribution in [3.63, 3.8) is 0 Å². The average molecular weight is 452 g/mol. The molecule has 9 heteroatoms. The Morgan fingerprint density at radius 1 is 1.03 bits per heavy atom. The van der Waals surface area contributed by atoms with Crippen LogP contribution in [0.15, 0.2) is 53.1 Å². The van der Waals surface area contributed by atoms with Crippen LogP contribution in [0.3, 0.4) is 0 Å². The largest absolute Gasteiger partial charge is 0.490 e. The quantitative estimate of drug-likeness (QED) is 0.457. The zero-order valence-electron chi connectivity index (χ0n) is 18.5. The minimum absolute atomic E-state index is 0.117. The SMILES string of the molecule is CCOC(=O)COc1cc(/C=C2\C(=O)N(c3ccc(C(=O)O)cc3)N=C2C)ccc1OCC. The minimum Gasteiger partial charge on any atom is -0.490 e. The topological polar surface area (TPSA) is 115 Å². The molecule has 0 aliphatic carbocycles. The van der Waals surface area contributed by atoms with Gasteiger partial charge in [0.25, 0.3) is 5.91 Å². The summed E-state index contributed by atoms with van der Waals surface area (Å²) in [4.78, 5) is 35.7. The van der Waals surface area contributed by atoms with Gasteiger partial charge in [0.05, 0.1) is 35.7 Å². The van der Waals surface area contributed by atoms with Gasteiger partial charge >= 0.3 is 11.9 Å². The van der Waals surface area contributed by atoms with Gasteiger partial charge in [-0.3, -0.25) is 4.79 Å². The number of anilines is 1. The molecule has 0 fully saturated rings. The van der Waals surface area contributed by atoms with Gasteiger partial charge in [0.15, 0.2) is 18.1 Å². The lowest BCUT2D eigenvalue weighted by atomic mass is 10.1. The molecule has 0 saturated carbocycles. The van der Waals surface area contributed by atoms with Crippen molar-refractivity contribution in [1.82, 2.24) is 0 Å². The van der Waals surface area contributed by atoms with Crippen LogP contribution >= 0.6 is 0 Å². The Hall–Kier alpha value is -4.14. The average Bonchev–Trinajstić information content (AvgIpc) is 3.07. The second-order valence-corrected chi connectivity index (χ2v) is 6.95. The van der Waals surface area contributed by atoms with Crippen molar-refractivity contribution in [1.29, 1.82) is 0 Å². The van der Waals surface area contributed by atoms with E-state index in [1.165, 1.54) is 29.3 Å². The fraction of sp³-hybridized carbons (Fsp3) is 0.250. The van der Waals surface area contributed by atoms with Crippen LogP contribution in [0.5, 0.6) is 11.5 Å². The molecule has 0 spiro atoms. The van der Waals surface area contributed by atoms with Crippen LogP contribution in [0.2, 0.25) is 0 Å². The molecule has 1 aliphatic rings. The number of aromatic carboxylic acids is 1. The molecule has 0 radical (unpaired) electrons. The predicted molar refractivity (Wildman–Crippen MR) is 122 cm³/mol. The molecule has 1 amide bonds. The number of carboxylic acids is 1. The molecule has 0 bridgehead atoms. The van der Waals surface area contributed by atoms with E-state index >= 15 is 0 Å². The molecule has 0 saturated heterocycles. The molecule has 9 nitrogen and oxygen atoms in total. The van der Waals surface area contributed by atoms with Crippen LogP contribution in [-0.4, -0.2) is 48.5 Å². The number of hydrogen-bond donors (Lipinski definition) is 1. The Morgan fingerprint density at radius 3 is 2.39 bits per heavy atom. The standard InChI is InChI=1S/C24H24N2O7/c1-4-31-20-11-6-16(13-21(20)33-14-22(27)32-5-2)12-19-15(3)25-26(23(19)28)18-9-7-17(8-10-18)24(29)30/h6-13H,4-5,14H2,1-3H3,(H,29,30)/b19-12-. The fourth-order valence-electron chi connectivity index (χ4n) is 3.11. The summed E-state index contributed by atoms with van der Waals surface area (Å²) in [5.41, 5.74) is 2.10. The first-order valence-electron chi connectivity index (χ1n) is 10.3. The second kappa shape index (κ2) is 10.4. The smallest absolute Gasteiger partial charge is 0.344 e. The third-order valence-electron chi connectivity index (χ3n) is 4.65. The monoisotopic (exact) mass is 452 g/mol. The van der Waals surface area contributed by atoms with Crippen molar-refractivity contribution >= 4 is 35.3 Å². The number of esters is 1. The number of hydrogen-bond acceptors (Lipinski definition) is 7. The summed E-state index contributed by atoms with van der Waals surface area (Å²) >= 11 is 0. The fourth-order valence-corrected chi connectivity index (χ4v) is 3.11. The van der Waals surface area contributed by atoms with E-state index in [4.69, 9.17) is 19.3 Å². The van der Waals surface area contributed by atoms with Crippen LogP contribution in [0.25, 0.3) is 6.08 Å². The highest BCUT2D eigenvalue weighted by molar-refractivity contribution is 6.32. The third-order valence-corrected chi connectivity index (χ3v) is 4.65. The van der Waals surface area contributed by atoms with Crippen molar-refractivity contribution in [3.8, 4) is 11.5 Å². The number of rotatable bonds is 9. The number of ether oxygens (including phenoxy) is 3. The summed E-state index contributed by atoms with van der Waals surface area (Å²) in [6, 6.07) is 11.0. The zero-order chi connectivity index (χ0) is 24.0. The van der Waals surface area contributed by atoms with Crippen LogP contribution in [-0.2, 0) is 14.3 Å². The Balaban J connectivity index is 1.85. The van der Waals surface area contributed by atoms with Gasteiger partial charge in [0.1, 0.15) is 0 Å². The van der Waals surface area contributed by atoms with Crippen LogP contribution in [0.4, 0.5) is 5.69 Å². The molecule has 1 heterocycles. The molecule has 2 aromatic carbocycles. The van der Waals surface area contributed by atoms with Gasteiger partial charge in [-0.15, -0.1) is 0 Å². The second-order valence-electron chi connectivity index (χ2n) is 6.95. The van der Waals surface area contributed by atoms with Crippen LogP contribution in [0, 0.1) is 0 Å². The maximum atomic E-state index is 13.0. The summed E-state index contributed by atoms with van der Waals surface area (Å²) in [5, 5.41) is 14.6. The normalized spacial score (nSPS) is 14.3. The highest BCUT2D eigenvalue weighted by Gasteiger charge is 2.29. The van der Waals surface area contributed by atoms with Gasteiger partial charge in [0, 0.05) is 0 Å². The summed E-state index contributed by atoms with van der Waals surface area (Å²) in [5.74, 6) is -1.08. The maximum absolute atomic E-state index is 13.0. The zero-order valence-corrected chi connectivity index (χ0v) is 18.5. The molecule has 2 aromatic rings. The van der Waals surface area contributed by atoms with E-state index in [9.17, 15) is 14.4 Å². The number of amides is 1. The minimum atomic E-state index is -1.05. The Kier molecular flexibility index (Phi) is 7.45. The van der Waals surface area contributed by atoms with Gasteiger partial charge in [-0.1, -0.05) is 6.07 Å². The van der Waals surface area contributed by atoms with E-state index in [0.29, 0.717) is 40.6 Å². The summed E-state index contributed by atoms with van der Waals surface area (Å²) < 4.78 is 16.0. The number of carbonyl (C=O) groups is 3. The van der Waals surface area contributed by atoms with E-state index < -0.39 is 11.9 Å². The molecule has 3 rings (SSSR count). The van der Waals surface area contributed by atoms with E-state index in [1.54, 1.807) is 38.1 Å². The number of hydrazone groups is 1.